The van der Waals surface area contributed by atoms with Crippen LogP contribution in [0.25, 0.3) is 11.1 Å². The number of benzene rings is 1. The number of alkyl halides is 3. The first-order valence-corrected chi connectivity index (χ1v) is 12.9. The SMILES string of the molecule is Cc1nn(C)cc1C(=O)N[C@H](c1nc2cc(CN3C[C@@H](C(F)(F)F)NC3=O)ccc2o1)C(C1CC1)C1CC1. The lowest BCUT2D eigenvalue weighted by Gasteiger charge is -2.25. The highest BCUT2D eigenvalue weighted by Gasteiger charge is 2.48. The quantitative estimate of drug-likeness (QED) is 0.454. The van der Waals surface area contributed by atoms with Crippen LogP contribution < -0.4 is 10.6 Å². The fourth-order valence-corrected chi connectivity index (χ4v) is 5.61. The smallest absolute Gasteiger partial charge is 0.410 e. The van der Waals surface area contributed by atoms with Gasteiger partial charge in [0.1, 0.15) is 17.6 Å². The number of urea groups is 1. The molecule has 12 heteroatoms. The minimum Gasteiger partial charge on any atom is -0.438 e. The molecule has 2 aromatic heterocycles. The van der Waals surface area contributed by atoms with Crippen LogP contribution in [0.15, 0.2) is 28.8 Å². The van der Waals surface area contributed by atoms with Crippen LogP contribution in [0.2, 0.25) is 0 Å². The van der Waals surface area contributed by atoms with Crippen molar-refractivity contribution in [3.8, 4) is 0 Å². The van der Waals surface area contributed by atoms with E-state index in [9.17, 15) is 22.8 Å². The summed E-state index contributed by atoms with van der Waals surface area (Å²) in [6.45, 7) is 1.36. The van der Waals surface area contributed by atoms with E-state index in [-0.39, 0.29) is 18.4 Å². The third kappa shape index (κ3) is 4.83. The summed E-state index contributed by atoms with van der Waals surface area (Å²) in [6.07, 6.45) is 1.65. The van der Waals surface area contributed by atoms with Crippen molar-refractivity contribution >= 4 is 23.0 Å². The summed E-state index contributed by atoms with van der Waals surface area (Å²) in [4.78, 5) is 31.2. The fourth-order valence-electron chi connectivity index (χ4n) is 5.61. The van der Waals surface area contributed by atoms with E-state index in [0.717, 1.165) is 30.6 Å². The molecule has 0 unspecified atom stereocenters. The van der Waals surface area contributed by atoms with Crippen molar-refractivity contribution in [2.45, 2.75) is 57.4 Å². The van der Waals surface area contributed by atoms with Gasteiger partial charge in [-0.25, -0.2) is 9.78 Å². The molecule has 2 N–H and O–H groups in total. The topological polar surface area (TPSA) is 105 Å². The van der Waals surface area contributed by atoms with Crippen molar-refractivity contribution in [3.63, 3.8) is 0 Å². The summed E-state index contributed by atoms with van der Waals surface area (Å²) in [6, 6.07) is 2.12. The predicted octanol–water partition coefficient (Wildman–Crippen LogP) is 4.23. The van der Waals surface area contributed by atoms with Crippen LogP contribution >= 0.6 is 0 Å². The molecule has 3 aromatic rings. The lowest BCUT2D eigenvalue weighted by atomic mass is 9.89. The van der Waals surface area contributed by atoms with E-state index in [2.05, 4.69) is 10.4 Å². The minimum absolute atomic E-state index is 0.0176. The Morgan fingerprint density at radius 2 is 1.95 bits per heavy atom. The summed E-state index contributed by atoms with van der Waals surface area (Å²) in [5.74, 6) is 1.42. The maximum Gasteiger partial charge on any atom is 0.410 e. The lowest BCUT2D eigenvalue weighted by molar-refractivity contribution is -0.149. The number of halogens is 3. The Morgan fingerprint density at radius 3 is 2.53 bits per heavy atom. The van der Waals surface area contributed by atoms with Crippen LogP contribution in [0, 0.1) is 24.7 Å². The number of aryl methyl sites for hydroxylation is 2. The van der Waals surface area contributed by atoms with Crippen LogP contribution in [0.1, 0.15) is 59.2 Å². The fraction of sp³-hybridized carbons (Fsp3) is 0.538. The van der Waals surface area contributed by atoms with E-state index in [1.54, 1.807) is 43.0 Å². The number of nitrogens with zero attached hydrogens (tertiary/aromatic N) is 4. The second-order valence-corrected chi connectivity index (χ2v) is 10.8. The minimum atomic E-state index is -4.50. The van der Waals surface area contributed by atoms with Crippen LogP contribution in [0.3, 0.4) is 0 Å². The zero-order chi connectivity index (χ0) is 26.8. The van der Waals surface area contributed by atoms with Gasteiger partial charge in [-0.15, -0.1) is 0 Å². The zero-order valence-electron chi connectivity index (χ0n) is 21.1. The molecular formula is C26H29F3N6O3. The molecule has 2 atom stereocenters. The Balaban J connectivity index is 1.27. The molecule has 2 aliphatic carbocycles. The Kier molecular flexibility index (Phi) is 5.88. The number of aromatic nitrogens is 3. The largest absolute Gasteiger partial charge is 0.438 e. The summed E-state index contributed by atoms with van der Waals surface area (Å²) >= 11 is 0. The van der Waals surface area contributed by atoms with Crippen molar-refractivity contribution in [1.29, 1.82) is 0 Å². The zero-order valence-corrected chi connectivity index (χ0v) is 21.1. The van der Waals surface area contributed by atoms with Gasteiger partial charge >= 0.3 is 12.2 Å². The van der Waals surface area contributed by atoms with Crippen LogP contribution in [0.4, 0.5) is 18.0 Å². The summed E-state index contributed by atoms with van der Waals surface area (Å²) < 4.78 is 46.9. The summed E-state index contributed by atoms with van der Waals surface area (Å²) in [5.41, 5.74) is 2.83. The monoisotopic (exact) mass is 530 g/mol. The number of fused-ring (bicyclic) bond motifs is 1. The van der Waals surface area contributed by atoms with Crippen molar-refractivity contribution in [2.24, 2.45) is 24.8 Å². The average Bonchev–Trinajstić information content (AvgIpc) is 3.76. The Morgan fingerprint density at radius 1 is 1.24 bits per heavy atom. The molecular weight excluding hydrogens is 501 g/mol. The number of carbonyl (C=O) groups is 2. The van der Waals surface area contributed by atoms with Crippen LogP contribution in [-0.2, 0) is 13.6 Å². The molecule has 0 bridgehead atoms. The summed E-state index contributed by atoms with van der Waals surface area (Å²) in [5, 5.41) is 9.46. The van der Waals surface area contributed by atoms with Gasteiger partial charge in [0, 0.05) is 19.8 Å². The van der Waals surface area contributed by atoms with Gasteiger partial charge in [0.05, 0.1) is 17.8 Å². The first-order valence-electron chi connectivity index (χ1n) is 12.9. The molecule has 2 saturated carbocycles. The maximum absolute atomic E-state index is 13.3. The lowest BCUT2D eigenvalue weighted by Crippen LogP contribution is -2.40. The van der Waals surface area contributed by atoms with Crippen molar-refractivity contribution < 1.29 is 27.2 Å². The van der Waals surface area contributed by atoms with E-state index in [4.69, 9.17) is 9.40 Å². The molecule has 3 aliphatic rings. The number of hydrogen-bond donors (Lipinski definition) is 2. The number of oxazole rings is 1. The van der Waals surface area contributed by atoms with Gasteiger partial charge in [0.15, 0.2) is 5.58 Å². The molecule has 3 amide bonds. The predicted molar refractivity (Wildman–Crippen MR) is 130 cm³/mol. The Hall–Kier alpha value is -3.57. The van der Waals surface area contributed by atoms with E-state index < -0.39 is 30.8 Å². The van der Waals surface area contributed by atoms with E-state index in [1.807, 2.05) is 5.32 Å². The standard InChI is InChI=1S/C26H29F3N6O3/c1-13-17(11-34(2)33-13)23(36)32-22(21(15-4-5-15)16-6-7-16)24-30-18-9-14(3-8-19(18)38-24)10-35-12-20(26(27,28)29)31-25(35)37/h3,8-9,11,15-16,20-22H,4-7,10,12H2,1-2H3,(H,31,37)(H,32,36)/t20-,22-/m0/s1. The van der Waals surface area contributed by atoms with Crippen LogP contribution in [-0.4, -0.2) is 50.4 Å². The molecule has 1 aromatic carbocycles. The molecule has 6 rings (SSSR count). The molecule has 1 aliphatic heterocycles. The maximum atomic E-state index is 13.3. The second-order valence-electron chi connectivity index (χ2n) is 10.8. The molecule has 3 heterocycles. The van der Waals surface area contributed by atoms with E-state index in [1.165, 1.54) is 0 Å². The number of amides is 3. The molecule has 38 heavy (non-hydrogen) atoms. The molecule has 0 spiro atoms. The third-order valence-electron chi connectivity index (χ3n) is 7.75. The van der Waals surface area contributed by atoms with Gasteiger partial charge in [-0.2, -0.15) is 18.3 Å². The number of nitrogens with one attached hydrogen (secondary N) is 2. The number of hydrogen-bond acceptors (Lipinski definition) is 5. The van der Waals surface area contributed by atoms with Gasteiger partial charge in [-0.1, -0.05) is 6.07 Å². The van der Waals surface area contributed by atoms with E-state index >= 15 is 0 Å². The Bertz CT molecular complexity index is 1380. The first kappa shape index (κ1) is 24.7. The summed E-state index contributed by atoms with van der Waals surface area (Å²) in [7, 11) is 1.77. The highest BCUT2D eigenvalue weighted by molar-refractivity contribution is 5.95. The average molecular weight is 531 g/mol. The highest BCUT2D eigenvalue weighted by Crippen LogP contribution is 2.54. The molecule has 202 valence electrons. The number of rotatable bonds is 8. The van der Waals surface area contributed by atoms with Gasteiger partial charge in [-0.05, 0) is 68.1 Å². The first-order chi connectivity index (χ1) is 18.1. The van der Waals surface area contributed by atoms with Crippen molar-refractivity contribution in [1.82, 2.24) is 30.3 Å². The molecule has 9 nitrogen and oxygen atoms in total. The normalized spacial score (nSPS) is 20.8. The molecule has 1 saturated heterocycles. The van der Waals surface area contributed by atoms with Gasteiger partial charge < -0.3 is 20.0 Å². The van der Waals surface area contributed by atoms with Gasteiger partial charge in [0.25, 0.3) is 5.91 Å². The van der Waals surface area contributed by atoms with Gasteiger partial charge in [-0.3, -0.25) is 9.48 Å². The number of carbonyl (C=O) groups excluding carboxylic acids is 2. The Labute approximate surface area is 216 Å². The van der Waals surface area contributed by atoms with Gasteiger partial charge in [0.2, 0.25) is 5.89 Å². The second kappa shape index (κ2) is 9.02. The third-order valence-corrected chi connectivity index (χ3v) is 7.75. The van der Waals surface area contributed by atoms with Crippen molar-refractivity contribution in [2.75, 3.05) is 6.54 Å². The van der Waals surface area contributed by atoms with Crippen molar-refractivity contribution in [3.05, 3.63) is 47.1 Å². The highest BCUT2D eigenvalue weighted by atomic mass is 19.4. The van der Waals surface area contributed by atoms with E-state index in [0.29, 0.717) is 45.6 Å². The van der Waals surface area contributed by atoms with Crippen LogP contribution in [0.5, 0.6) is 0 Å². The molecule has 3 fully saturated rings. The molecule has 0 radical (unpaired) electrons.